The second kappa shape index (κ2) is 6.93. The van der Waals surface area contributed by atoms with Crippen LogP contribution in [0.25, 0.3) is 0 Å². The molecule has 2 aromatic carbocycles. The summed E-state index contributed by atoms with van der Waals surface area (Å²) in [4.78, 5) is 27.7. The quantitative estimate of drug-likeness (QED) is 0.632. The molecule has 130 valence electrons. The van der Waals surface area contributed by atoms with Crippen molar-refractivity contribution in [2.45, 2.75) is 26.3 Å². The van der Waals surface area contributed by atoms with Gasteiger partial charge >= 0.3 is 0 Å². The Labute approximate surface area is 146 Å². The Morgan fingerprint density at radius 3 is 2.48 bits per heavy atom. The second-order valence-corrected chi connectivity index (χ2v) is 6.19. The van der Waals surface area contributed by atoms with Gasteiger partial charge < -0.3 is 9.80 Å². The number of anilines is 2. The Balaban J connectivity index is 1.92. The number of likely N-dealkylation sites (N-methyl/N-ethyl adjacent to an activating group) is 1. The Bertz CT molecular complexity index is 806. The molecule has 6 heteroatoms. The first-order valence-corrected chi connectivity index (χ1v) is 8.41. The maximum absolute atomic E-state index is 12.9. The molecule has 25 heavy (non-hydrogen) atoms. The minimum absolute atomic E-state index is 0.00984. The Kier molecular flexibility index (Phi) is 4.70. The summed E-state index contributed by atoms with van der Waals surface area (Å²) in [6.07, 6.45) is 0.0182. The first kappa shape index (κ1) is 17.0. The Hall–Kier alpha value is -2.89. The number of nitro groups is 1. The molecule has 0 saturated carbocycles. The number of carbonyl (C=O) groups is 1. The molecule has 1 amide bonds. The van der Waals surface area contributed by atoms with Gasteiger partial charge in [0.15, 0.2) is 0 Å². The van der Waals surface area contributed by atoms with Crippen LogP contribution < -0.4 is 9.80 Å². The fraction of sp³-hybridized carbons (Fsp3) is 0.316. The zero-order chi connectivity index (χ0) is 18.0. The molecule has 0 spiro atoms. The van der Waals surface area contributed by atoms with E-state index in [1.165, 1.54) is 6.07 Å². The van der Waals surface area contributed by atoms with Gasteiger partial charge in [0.1, 0.15) is 0 Å². The third-order valence-corrected chi connectivity index (χ3v) is 4.63. The summed E-state index contributed by atoms with van der Waals surface area (Å²) in [6, 6.07) is 14.4. The summed E-state index contributed by atoms with van der Waals surface area (Å²) in [5.74, 6) is -0.121. The summed E-state index contributed by atoms with van der Waals surface area (Å²) < 4.78 is 0. The van der Waals surface area contributed by atoms with E-state index in [-0.39, 0.29) is 24.1 Å². The molecule has 3 rings (SSSR count). The first-order chi connectivity index (χ1) is 12.0. The van der Waals surface area contributed by atoms with E-state index in [4.69, 9.17) is 0 Å². The minimum Gasteiger partial charge on any atom is -0.366 e. The van der Waals surface area contributed by atoms with Crippen molar-refractivity contribution < 1.29 is 9.72 Å². The van der Waals surface area contributed by atoms with Gasteiger partial charge in [-0.3, -0.25) is 14.9 Å². The SMILES string of the molecule is CCN1c2ccccc2N(C(=O)Cc2ccccc2[N+](=O)[O-])CC1C. The number of para-hydroxylation sites is 3. The van der Waals surface area contributed by atoms with E-state index in [9.17, 15) is 14.9 Å². The van der Waals surface area contributed by atoms with Gasteiger partial charge in [0, 0.05) is 30.8 Å². The van der Waals surface area contributed by atoms with Gasteiger partial charge in [-0.05, 0) is 26.0 Å². The van der Waals surface area contributed by atoms with Crippen molar-refractivity contribution in [1.82, 2.24) is 0 Å². The Morgan fingerprint density at radius 1 is 1.16 bits per heavy atom. The highest BCUT2D eigenvalue weighted by Gasteiger charge is 2.31. The largest absolute Gasteiger partial charge is 0.366 e. The van der Waals surface area contributed by atoms with E-state index in [1.807, 2.05) is 24.3 Å². The summed E-state index contributed by atoms with van der Waals surface area (Å²) in [7, 11) is 0. The van der Waals surface area contributed by atoms with E-state index in [0.717, 1.165) is 17.9 Å². The van der Waals surface area contributed by atoms with E-state index < -0.39 is 4.92 Å². The molecular formula is C19H21N3O3. The summed E-state index contributed by atoms with van der Waals surface area (Å²) >= 11 is 0. The van der Waals surface area contributed by atoms with E-state index in [0.29, 0.717) is 12.1 Å². The monoisotopic (exact) mass is 339 g/mol. The smallest absolute Gasteiger partial charge is 0.273 e. The lowest BCUT2D eigenvalue weighted by Gasteiger charge is -2.42. The zero-order valence-electron chi connectivity index (χ0n) is 14.4. The highest BCUT2D eigenvalue weighted by atomic mass is 16.6. The highest BCUT2D eigenvalue weighted by molar-refractivity contribution is 5.99. The molecule has 6 nitrogen and oxygen atoms in total. The average Bonchev–Trinajstić information content (AvgIpc) is 2.61. The molecule has 1 atom stereocenters. The molecule has 1 aliphatic heterocycles. The van der Waals surface area contributed by atoms with Crippen LogP contribution in [0.1, 0.15) is 19.4 Å². The van der Waals surface area contributed by atoms with Crippen molar-refractivity contribution in [3.05, 3.63) is 64.2 Å². The number of rotatable bonds is 4. The van der Waals surface area contributed by atoms with Crippen LogP contribution in [0.2, 0.25) is 0 Å². The van der Waals surface area contributed by atoms with E-state index in [1.54, 1.807) is 23.1 Å². The number of hydrogen-bond acceptors (Lipinski definition) is 4. The Morgan fingerprint density at radius 2 is 1.80 bits per heavy atom. The van der Waals surface area contributed by atoms with Crippen molar-refractivity contribution >= 4 is 23.0 Å². The van der Waals surface area contributed by atoms with E-state index in [2.05, 4.69) is 18.7 Å². The van der Waals surface area contributed by atoms with Gasteiger partial charge in [0.05, 0.1) is 22.7 Å². The second-order valence-electron chi connectivity index (χ2n) is 6.19. The number of fused-ring (bicyclic) bond motifs is 1. The number of nitro benzene ring substituents is 1. The van der Waals surface area contributed by atoms with Crippen LogP contribution >= 0.6 is 0 Å². The topological polar surface area (TPSA) is 66.7 Å². The van der Waals surface area contributed by atoms with Crippen molar-refractivity contribution in [3.63, 3.8) is 0 Å². The number of carbonyl (C=O) groups excluding carboxylic acids is 1. The number of nitrogens with zero attached hydrogens (tertiary/aromatic N) is 3. The molecule has 0 bridgehead atoms. The van der Waals surface area contributed by atoms with Crippen LogP contribution in [0.5, 0.6) is 0 Å². The highest BCUT2D eigenvalue weighted by Crippen LogP contribution is 2.35. The molecule has 0 aliphatic carbocycles. The predicted octanol–water partition coefficient (Wildman–Crippen LogP) is 3.40. The van der Waals surface area contributed by atoms with Gasteiger partial charge in [0.25, 0.3) is 5.69 Å². The van der Waals surface area contributed by atoms with Crippen molar-refractivity contribution in [1.29, 1.82) is 0 Å². The normalized spacial score (nSPS) is 16.5. The fourth-order valence-corrected chi connectivity index (χ4v) is 3.45. The standard InChI is InChI=1S/C19H21N3O3/c1-3-20-14(2)13-21(18-11-7-6-10-17(18)20)19(23)12-15-8-4-5-9-16(15)22(24)25/h4-11,14H,3,12-13H2,1-2H3. The predicted molar refractivity (Wildman–Crippen MR) is 98.1 cm³/mol. The molecule has 0 saturated heterocycles. The van der Waals surface area contributed by atoms with Crippen LogP contribution in [0, 0.1) is 10.1 Å². The molecule has 1 aliphatic rings. The molecule has 2 aromatic rings. The van der Waals surface area contributed by atoms with Crippen LogP contribution in [-0.2, 0) is 11.2 Å². The van der Waals surface area contributed by atoms with Gasteiger partial charge in [0.2, 0.25) is 5.91 Å². The van der Waals surface area contributed by atoms with Crippen molar-refractivity contribution in [2.24, 2.45) is 0 Å². The summed E-state index contributed by atoms with van der Waals surface area (Å²) in [6.45, 7) is 5.62. The molecular weight excluding hydrogens is 318 g/mol. The maximum atomic E-state index is 12.9. The molecule has 0 radical (unpaired) electrons. The molecule has 0 aromatic heterocycles. The fourth-order valence-electron chi connectivity index (χ4n) is 3.45. The third kappa shape index (κ3) is 3.20. The number of benzene rings is 2. The zero-order valence-corrected chi connectivity index (χ0v) is 14.4. The van der Waals surface area contributed by atoms with Gasteiger partial charge in [-0.1, -0.05) is 30.3 Å². The van der Waals surface area contributed by atoms with Crippen molar-refractivity contribution in [3.8, 4) is 0 Å². The van der Waals surface area contributed by atoms with Crippen LogP contribution in [-0.4, -0.2) is 30.0 Å². The number of hydrogen-bond donors (Lipinski definition) is 0. The minimum atomic E-state index is -0.436. The third-order valence-electron chi connectivity index (χ3n) is 4.63. The van der Waals surface area contributed by atoms with Gasteiger partial charge in [-0.2, -0.15) is 0 Å². The van der Waals surface area contributed by atoms with Crippen molar-refractivity contribution in [2.75, 3.05) is 22.9 Å². The van der Waals surface area contributed by atoms with Gasteiger partial charge in [-0.25, -0.2) is 0 Å². The number of amides is 1. The first-order valence-electron chi connectivity index (χ1n) is 8.41. The summed E-state index contributed by atoms with van der Waals surface area (Å²) in [5, 5.41) is 11.2. The molecule has 1 unspecified atom stereocenters. The molecule has 1 heterocycles. The molecule has 0 fully saturated rings. The lowest BCUT2D eigenvalue weighted by atomic mass is 10.0. The molecule has 0 N–H and O–H groups in total. The van der Waals surface area contributed by atoms with Crippen LogP contribution in [0.4, 0.5) is 17.1 Å². The van der Waals surface area contributed by atoms with Crippen LogP contribution in [0.15, 0.2) is 48.5 Å². The van der Waals surface area contributed by atoms with E-state index >= 15 is 0 Å². The summed E-state index contributed by atoms with van der Waals surface area (Å²) in [5.41, 5.74) is 2.33. The average molecular weight is 339 g/mol. The lowest BCUT2D eigenvalue weighted by molar-refractivity contribution is -0.385. The van der Waals surface area contributed by atoms with Gasteiger partial charge in [-0.15, -0.1) is 0 Å². The lowest BCUT2D eigenvalue weighted by Crippen LogP contribution is -2.50. The van der Waals surface area contributed by atoms with Crippen LogP contribution in [0.3, 0.4) is 0 Å². The maximum Gasteiger partial charge on any atom is 0.273 e.